The van der Waals surface area contributed by atoms with E-state index < -0.39 is 0 Å². The molecule has 0 bridgehead atoms. The average Bonchev–Trinajstić information content (AvgIpc) is 2.05. The quantitative estimate of drug-likeness (QED) is 0.552. The molecule has 0 aliphatic heterocycles. The van der Waals surface area contributed by atoms with Crippen LogP contribution in [0, 0.1) is 0 Å². The second kappa shape index (κ2) is 4.81. The first-order valence-corrected chi connectivity index (χ1v) is 6.06. The minimum atomic E-state index is 0.00163. The van der Waals surface area contributed by atoms with Crippen LogP contribution in [0.2, 0.25) is 0 Å². The predicted molar refractivity (Wildman–Crippen MR) is 71.9 cm³/mol. The van der Waals surface area contributed by atoms with E-state index in [0.29, 0.717) is 5.75 Å². The number of benzene rings is 1. The first kappa shape index (κ1) is 12.9. The molecule has 0 radical (unpaired) electrons. The molecule has 1 aromatic rings. The van der Waals surface area contributed by atoms with Crippen LogP contribution in [-0.2, 0) is 5.41 Å². The highest BCUT2D eigenvalue weighted by Gasteiger charge is 2.19. The van der Waals surface area contributed by atoms with Crippen LogP contribution in [0.15, 0.2) is 22.7 Å². The Morgan fingerprint density at radius 3 is 2.47 bits per heavy atom. The molecule has 0 saturated heterocycles. The summed E-state index contributed by atoms with van der Waals surface area (Å²) in [5.74, 6) is 0.655. The summed E-state index contributed by atoms with van der Waals surface area (Å²) < 4.78 is 6.14. The SMILES string of the molecule is CC(C)(C)c1cccc(OC(=S)Cl)c1Br. The molecule has 1 rings (SSSR count). The second-order valence-electron chi connectivity index (χ2n) is 4.21. The molecule has 15 heavy (non-hydrogen) atoms. The van der Waals surface area contributed by atoms with Gasteiger partial charge in [0.2, 0.25) is 0 Å². The third-order valence-electron chi connectivity index (χ3n) is 1.96. The maximum atomic E-state index is 5.54. The van der Waals surface area contributed by atoms with E-state index in [1.54, 1.807) is 0 Å². The summed E-state index contributed by atoms with van der Waals surface area (Å²) in [5, 5.41) is 0. The van der Waals surface area contributed by atoms with Crippen molar-refractivity contribution in [2.24, 2.45) is 0 Å². The van der Waals surface area contributed by atoms with Crippen molar-refractivity contribution in [3.8, 4) is 5.75 Å². The van der Waals surface area contributed by atoms with E-state index in [1.807, 2.05) is 18.2 Å². The maximum Gasteiger partial charge on any atom is 0.260 e. The molecular formula is C11H12BrClOS. The van der Waals surface area contributed by atoms with Crippen LogP contribution in [0.4, 0.5) is 0 Å². The molecule has 0 heterocycles. The van der Waals surface area contributed by atoms with Gasteiger partial charge in [-0.05, 0) is 56.8 Å². The topological polar surface area (TPSA) is 9.23 Å². The van der Waals surface area contributed by atoms with Crippen LogP contribution >= 0.6 is 39.7 Å². The standard InChI is InChI=1S/C11H12BrClOS/c1-11(2,3)7-5-4-6-8(9(7)12)14-10(13)15/h4-6H,1-3H3. The first-order chi connectivity index (χ1) is 6.82. The summed E-state index contributed by atoms with van der Waals surface area (Å²) in [6.07, 6.45) is 0. The van der Waals surface area contributed by atoms with Crippen LogP contribution in [0.1, 0.15) is 26.3 Å². The van der Waals surface area contributed by atoms with E-state index in [4.69, 9.17) is 28.6 Å². The zero-order valence-corrected chi connectivity index (χ0v) is 12.0. The third kappa shape index (κ3) is 3.44. The molecule has 0 N–H and O–H groups in total. The maximum absolute atomic E-state index is 5.54. The molecule has 0 amide bonds. The molecule has 4 heteroatoms. The molecule has 1 aromatic carbocycles. The summed E-state index contributed by atoms with van der Waals surface area (Å²) in [4.78, 5) is 0. The minimum absolute atomic E-state index is 0.00163. The van der Waals surface area contributed by atoms with E-state index in [1.165, 1.54) is 0 Å². The van der Waals surface area contributed by atoms with Crippen LogP contribution in [0.3, 0.4) is 0 Å². The van der Waals surface area contributed by atoms with Crippen molar-refractivity contribution in [2.45, 2.75) is 26.2 Å². The van der Waals surface area contributed by atoms with Crippen molar-refractivity contribution in [2.75, 3.05) is 0 Å². The van der Waals surface area contributed by atoms with Crippen molar-refractivity contribution in [3.05, 3.63) is 28.2 Å². The third-order valence-corrected chi connectivity index (χ3v) is 2.94. The number of ether oxygens (including phenoxy) is 1. The van der Waals surface area contributed by atoms with Gasteiger partial charge in [-0.2, -0.15) is 0 Å². The Balaban J connectivity index is 3.17. The van der Waals surface area contributed by atoms with Gasteiger partial charge in [0.05, 0.1) is 4.47 Å². The van der Waals surface area contributed by atoms with Crippen molar-refractivity contribution < 1.29 is 4.74 Å². The first-order valence-electron chi connectivity index (χ1n) is 4.48. The smallest absolute Gasteiger partial charge is 0.260 e. The largest absolute Gasteiger partial charge is 0.435 e. The van der Waals surface area contributed by atoms with Gasteiger partial charge < -0.3 is 4.74 Å². The van der Waals surface area contributed by atoms with Crippen LogP contribution < -0.4 is 4.74 Å². The second-order valence-corrected chi connectivity index (χ2v) is 5.94. The number of rotatable bonds is 1. The average molecular weight is 308 g/mol. The Kier molecular flexibility index (Phi) is 4.15. The molecule has 0 aromatic heterocycles. The molecule has 0 saturated carbocycles. The molecule has 0 fully saturated rings. The normalized spacial score (nSPS) is 11.3. The fraction of sp³-hybridized carbons (Fsp3) is 0.364. The van der Waals surface area contributed by atoms with Crippen LogP contribution in [0.25, 0.3) is 0 Å². The Morgan fingerprint density at radius 2 is 2.00 bits per heavy atom. The number of halogens is 2. The van der Waals surface area contributed by atoms with E-state index in [2.05, 4.69) is 36.7 Å². The summed E-state index contributed by atoms with van der Waals surface area (Å²) >= 11 is 13.7. The van der Waals surface area contributed by atoms with E-state index in [0.717, 1.165) is 10.0 Å². The van der Waals surface area contributed by atoms with Gasteiger partial charge >= 0.3 is 0 Å². The molecule has 1 nitrogen and oxygen atoms in total. The van der Waals surface area contributed by atoms with E-state index in [-0.39, 0.29) is 9.92 Å². The Labute approximate surface area is 109 Å². The lowest BCUT2D eigenvalue weighted by atomic mass is 9.87. The van der Waals surface area contributed by atoms with Gasteiger partial charge in [0.15, 0.2) is 0 Å². The molecule has 0 aliphatic rings. The monoisotopic (exact) mass is 306 g/mol. The van der Waals surface area contributed by atoms with Crippen molar-refractivity contribution >= 4 is 44.3 Å². The summed E-state index contributed by atoms with van der Waals surface area (Å²) in [7, 11) is 0. The summed E-state index contributed by atoms with van der Waals surface area (Å²) in [5.41, 5.74) is 1.21. The number of thiocarbonyl (C=S) groups is 1. The fourth-order valence-corrected chi connectivity index (χ4v) is 2.37. The van der Waals surface area contributed by atoms with Crippen LogP contribution in [0.5, 0.6) is 5.75 Å². The van der Waals surface area contributed by atoms with Gasteiger partial charge in [0, 0.05) is 0 Å². The highest BCUT2D eigenvalue weighted by molar-refractivity contribution is 9.10. The van der Waals surface area contributed by atoms with Gasteiger partial charge in [-0.3, -0.25) is 0 Å². The van der Waals surface area contributed by atoms with E-state index >= 15 is 0 Å². The summed E-state index contributed by atoms with van der Waals surface area (Å²) in [6.45, 7) is 6.40. The molecule has 0 atom stereocenters. The van der Waals surface area contributed by atoms with Crippen molar-refractivity contribution in [3.63, 3.8) is 0 Å². The number of hydrogen-bond acceptors (Lipinski definition) is 2. The van der Waals surface area contributed by atoms with Gasteiger partial charge in [0.25, 0.3) is 4.51 Å². The predicted octanol–water partition coefficient (Wildman–Crippen LogP) is 4.65. The van der Waals surface area contributed by atoms with Gasteiger partial charge in [-0.15, -0.1) is 0 Å². The van der Waals surface area contributed by atoms with Crippen molar-refractivity contribution in [1.82, 2.24) is 0 Å². The van der Waals surface area contributed by atoms with Gasteiger partial charge in [-0.1, -0.05) is 32.9 Å². The minimum Gasteiger partial charge on any atom is -0.435 e. The van der Waals surface area contributed by atoms with E-state index in [9.17, 15) is 0 Å². The molecule has 82 valence electrons. The Hall–Kier alpha value is -0.120. The lowest BCUT2D eigenvalue weighted by Gasteiger charge is -2.21. The summed E-state index contributed by atoms with van der Waals surface area (Å²) in [6, 6.07) is 5.80. The molecule has 0 aliphatic carbocycles. The lowest BCUT2D eigenvalue weighted by Crippen LogP contribution is -2.12. The lowest BCUT2D eigenvalue weighted by molar-refractivity contribution is 0.552. The molecule has 0 unspecified atom stereocenters. The molecular weight excluding hydrogens is 296 g/mol. The number of hydrogen-bond donors (Lipinski definition) is 0. The highest BCUT2D eigenvalue weighted by Crippen LogP contribution is 2.36. The fourth-order valence-electron chi connectivity index (χ4n) is 1.26. The molecule has 0 spiro atoms. The van der Waals surface area contributed by atoms with Gasteiger partial charge in [0.1, 0.15) is 5.75 Å². The Bertz CT molecular complexity index is 385. The zero-order valence-electron chi connectivity index (χ0n) is 8.80. The Morgan fingerprint density at radius 1 is 1.40 bits per heavy atom. The van der Waals surface area contributed by atoms with Gasteiger partial charge in [-0.25, -0.2) is 0 Å². The zero-order chi connectivity index (χ0) is 11.6. The highest BCUT2D eigenvalue weighted by atomic mass is 79.9. The van der Waals surface area contributed by atoms with Crippen LogP contribution in [-0.4, -0.2) is 4.51 Å². The van der Waals surface area contributed by atoms with Crippen molar-refractivity contribution in [1.29, 1.82) is 0 Å².